The molecule has 0 saturated heterocycles. The van der Waals surface area contributed by atoms with Crippen molar-refractivity contribution in [3.8, 4) is 5.69 Å². The average Bonchev–Trinajstić information content (AvgIpc) is 2.67. The molecule has 0 saturated carbocycles. The molecule has 1 heterocycles. The van der Waals surface area contributed by atoms with Crippen molar-refractivity contribution in [3.63, 3.8) is 0 Å². The number of nitrogens with two attached hydrogens (primary N) is 1. The van der Waals surface area contributed by atoms with E-state index in [1.54, 1.807) is 6.33 Å². The van der Waals surface area contributed by atoms with E-state index in [2.05, 4.69) is 10.2 Å². The van der Waals surface area contributed by atoms with Gasteiger partial charge in [0.15, 0.2) is 5.82 Å². The van der Waals surface area contributed by atoms with Crippen molar-refractivity contribution in [2.75, 3.05) is 0 Å². The third kappa shape index (κ3) is 1.43. The molecule has 2 rings (SSSR count). The SMILES string of the molecule is NCc1nncn1-c1ccccc1. The molecule has 4 nitrogen and oxygen atoms in total. The van der Waals surface area contributed by atoms with Gasteiger partial charge in [-0.3, -0.25) is 4.57 Å². The van der Waals surface area contributed by atoms with Crippen molar-refractivity contribution < 1.29 is 0 Å². The van der Waals surface area contributed by atoms with E-state index >= 15 is 0 Å². The molecule has 0 amide bonds. The maximum Gasteiger partial charge on any atom is 0.151 e. The highest BCUT2D eigenvalue weighted by atomic mass is 15.3. The van der Waals surface area contributed by atoms with E-state index in [0.717, 1.165) is 11.5 Å². The van der Waals surface area contributed by atoms with Gasteiger partial charge in [0, 0.05) is 5.69 Å². The number of nitrogens with zero attached hydrogens (tertiary/aromatic N) is 3. The summed E-state index contributed by atoms with van der Waals surface area (Å²) in [5.41, 5.74) is 6.54. The fraction of sp³-hybridized carbons (Fsp3) is 0.111. The Morgan fingerprint density at radius 2 is 2.00 bits per heavy atom. The molecule has 0 spiro atoms. The van der Waals surface area contributed by atoms with Crippen molar-refractivity contribution in [2.24, 2.45) is 5.73 Å². The third-order valence-corrected chi connectivity index (χ3v) is 1.84. The zero-order chi connectivity index (χ0) is 9.10. The number of hydrogen-bond acceptors (Lipinski definition) is 3. The van der Waals surface area contributed by atoms with E-state index in [1.807, 2.05) is 34.9 Å². The number of aromatic nitrogens is 3. The third-order valence-electron chi connectivity index (χ3n) is 1.84. The van der Waals surface area contributed by atoms with Crippen LogP contribution in [0.3, 0.4) is 0 Å². The first-order chi connectivity index (χ1) is 6.42. The van der Waals surface area contributed by atoms with Crippen LogP contribution in [-0.4, -0.2) is 14.8 Å². The molecule has 0 fully saturated rings. The summed E-state index contributed by atoms with van der Waals surface area (Å²) in [6, 6.07) is 9.88. The lowest BCUT2D eigenvalue weighted by Gasteiger charge is -2.03. The van der Waals surface area contributed by atoms with Crippen LogP contribution in [0.15, 0.2) is 36.7 Å². The monoisotopic (exact) mass is 174 g/mol. The predicted octanol–water partition coefficient (Wildman–Crippen LogP) is 0.726. The predicted molar refractivity (Wildman–Crippen MR) is 49.3 cm³/mol. The van der Waals surface area contributed by atoms with Crippen LogP contribution in [-0.2, 0) is 6.54 Å². The molecule has 2 N–H and O–H groups in total. The highest BCUT2D eigenvalue weighted by Crippen LogP contribution is 2.07. The Kier molecular flexibility index (Phi) is 2.06. The van der Waals surface area contributed by atoms with Crippen LogP contribution in [0.2, 0.25) is 0 Å². The van der Waals surface area contributed by atoms with Gasteiger partial charge in [0.2, 0.25) is 0 Å². The minimum atomic E-state index is 0.398. The summed E-state index contributed by atoms with van der Waals surface area (Å²) in [4.78, 5) is 0. The van der Waals surface area contributed by atoms with Crippen molar-refractivity contribution in [2.45, 2.75) is 6.54 Å². The Bertz CT molecular complexity index is 380. The Morgan fingerprint density at radius 3 is 2.69 bits per heavy atom. The lowest BCUT2D eigenvalue weighted by molar-refractivity contribution is 0.860. The summed E-state index contributed by atoms with van der Waals surface area (Å²) in [6.45, 7) is 0.398. The van der Waals surface area contributed by atoms with Crippen LogP contribution in [0.4, 0.5) is 0 Å². The van der Waals surface area contributed by atoms with Crippen molar-refractivity contribution in [1.82, 2.24) is 14.8 Å². The minimum Gasteiger partial charge on any atom is -0.324 e. The Balaban J connectivity index is 2.47. The zero-order valence-corrected chi connectivity index (χ0v) is 7.09. The quantitative estimate of drug-likeness (QED) is 0.730. The highest BCUT2D eigenvalue weighted by molar-refractivity contribution is 5.31. The van der Waals surface area contributed by atoms with Gasteiger partial charge in [0.05, 0.1) is 6.54 Å². The largest absolute Gasteiger partial charge is 0.324 e. The normalized spacial score (nSPS) is 10.2. The topological polar surface area (TPSA) is 56.7 Å². The molecule has 0 aliphatic carbocycles. The lowest BCUT2D eigenvalue weighted by Crippen LogP contribution is -2.05. The molecule has 0 aliphatic rings. The molecule has 0 radical (unpaired) electrons. The van der Waals surface area contributed by atoms with Gasteiger partial charge in [-0.2, -0.15) is 0 Å². The second-order valence-electron chi connectivity index (χ2n) is 2.66. The Morgan fingerprint density at radius 1 is 1.23 bits per heavy atom. The van der Waals surface area contributed by atoms with E-state index < -0.39 is 0 Å². The molecule has 0 unspecified atom stereocenters. The van der Waals surface area contributed by atoms with Gasteiger partial charge in [-0.25, -0.2) is 0 Å². The summed E-state index contributed by atoms with van der Waals surface area (Å²) < 4.78 is 1.88. The number of benzene rings is 1. The van der Waals surface area contributed by atoms with Gasteiger partial charge in [0.25, 0.3) is 0 Å². The molecule has 13 heavy (non-hydrogen) atoms. The van der Waals surface area contributed by atoms with E-state index in [-0.39, 0.29) is 0 Å². The Labute approximate surface area is 76.0 Å². The van der Waals surface area contributed by atoms with Gasteiger partial charge in [0.1, 0.15) is 6.33 Å². The minimum absolute atomic E-state index is 0.398. The van der Waals surface area contributed by atoms with Gasteiger partial charge < -0.3 is 5.73 Å². The molecule has 66 valence electrons. The van der Waals surface area contributed by atoms with Gasteiger partial charge >= 0.3 is 0 Å². The number of hydrogen-bond donors (Lipinski definition) is 1. The van der Waals surface area contributed by atoms with E-state index in [1.165, 1.54) is 0 Å². The maximum absolute atomic E-state index is 5.51. The van der Waals surface area contributed by atoms with Crippen molar-refractivity contribution >= 4 is 0 Å². The van der Waals surface area contributed by atoms with E-state index in [0.29, 0.717) is 6.54 Å². The first-order valence-electron chi connectivity index (χ1n) is 4.06. The molecular formula is C9H10N4. The molecule has 0 atom stereocenters. The smallest absolute Gasteiger partial charge is 0.151 e. The van der Waals surface area contributed by atoms with Crippen molar-refractivity contribution in [1.29, 1.82) is 0 Å². The second kappa shape index (κ2) is 3.37. The average molecular weight is 174 g/mol. The van der Waals surface area contributed by atoms with Crippen LogP contribution < -0.4 is 5.73 Å². The van der Waals surface area contributed by atoms with Crippen LogP contribution in [0.1, 0.15) is 5.82 Å². The zero-order valence-electron chi connectivity index (χ0n) is 7.09. The van der Waals surface area contributed by atoms with Crippen LogP contribution >= 0.6 is 0 Å². The summed E-state index contributed by atoms with van der Waals surface area (Å²) in [6.07, 6.45) is 1.66. The fourth-order valence-corrected chi connectivity index (χ4v) is 1.20. The molecular weight excluding hydrogens is 164 g/mol. The van der Waals surface area contributed by atoms with Crippen LogP contribution in [0.25, 0.3) is 5.69 Å². The molecule has 2 aromatic rings. The van der Waals surface area contributed by atoms with Gasteiger partial charge in [-0.15, -0.1) is 10.2 Å². The van der Waals surface area contributed by atoms with E-state index in [9.17, 15) is 0 Å². The summed E-state index contributed by atoms with van der Waals surface area (Å²) in [7, 11) is 0. The van der Waals surface area contributed by atoms with Crippen LogP contribution in [0.5, 0.6) is 0 Å². The first-order valence-corrected chi connectivity index (χ1v) is 4.06. The highest BCUT2D eigenvalue weighted by Gasteiger charge is 2.02. The van der Waals surface area contributed by atoms with Gasteiger partial charge in [-0.05, 0) is 12.1 Å². The molecule has 1 aromatic carbocycles. The lowest BCUT2D eigenvalue weighted by atomic mass is 10.3. The molecule has 0 bridgehead atoms. The molecule has 4 heteroatoms. The van der Waals surface area contributed by atoms with Gasteiger partial charge in [-0.1, -0.05) is 18.2 Å². The molecule has 1 aromatic heterocycles. The summed E-state index contributed by atoms with van der Waals surface area (Å²) in [5, 5.41) is 7.70. The number of para-hydroxylation sites is 1. The Hall–Kier alpha value is -1.68. The summed E-state index contributed by atoms with van der Waals surface area (Å²) in [5.74, 6) is 0.770. The van der Waals surface area contributed by atoms with Crippen molar-refractivity contribution in [3.05, 3.63) is 42.5 Å². The fourth-order valence-electron chi connectivity index (χ4n) is 1.20. The number of rotatable bonds is 2. The van der Waals surface area contributed by atoms with Crippen LogP contribution in [0, 0.1) is 0 Å². The van der Waals surface area contributed by atoms with E-state index in [4.69, 9.17) is 5.73 Å². The molecule has 0 aliphatic heterocycles. The standard InChI is InChI=1S/C9H10N4/c10-6-9-12-11-7-13(9)8-4-2-1-3-5-8/h1-5,7H,6,10H2. The first kappa shape index (κ1) is 7.94. The maximum atomic E-state index is 5.51. The second-order valence-corrected chi connectivity index (χ2v) is 2.66. The summed E-state index contributed by atoms with van der Waals surface area (Å²) >= 11 is 0.